The first-order chi connectivity index (χ1) is 13.9. The van der Waals surface area contributed by atoms with E-state index in [2.05, 4.69) is 32.0 Å². The van der Waals surface area contributed by atoms with Crippen molar-refractivity contribution in [2.45, 2.75) is 13.8 Å². The molecule has 0 unspecified atom stereocenters. The summed E-state index contributed by atoms with van der Waals surface area (Å²) < 4.78 is 0. The van der Waals surface area contributed by atoms with Gasteiger partial charge in [0.25, 0.3) is 5.91 Å². The number of nitriles is 1. The van der Waals surface area contributed by atoms with Crippen LogP contribution in [0, 0.1) is 18.3 Å². The summed E-state index contributed by atoms with van der Waals surface area (Å²) in [7, 11) is 0. The minimum atomic E-state index is -0.392. The Kier molecular flexibility index (Phi) is 5.80. The van der Waals surface area contributed by atoms with Crippen molar-refractivity contribution in [3.63, 3.8) is 0 Å². The van der Waals surface area contributed by atoms with Crippen molar-refractivity contribution in [2.75, 3.05) is 16.0 Å². The normalized spacial score (nSPS) is 9.97. The molecule has 0 fully saturated rings. The average Bonchev–Trinajstić information content (AvgIpc) is 2.68. The molecule has 8 heteroatoms. The number of carbonyl (C=O) groups is 2. The van der Waals surface area contributed by atoms with Gasteiger partial charge in [0, 0.05) is 30.1 Å². The highest BCUT2D eigenvalue weighted by Crippen LogP contribution is 2.18. The van der Waals surface area contributed by atoms with Crippen molar-refractivity contribution >= 4 is 34.7 Å². The molecule has 3 aromatic rings. The summed E-state index contributed by atoms with van der Waals surface area (Å²) >= 11 is 0. The van der Waals surface area contributed by atoms with Crippen LogP contribution in [-0.4, -0.2) is 21.8 Å². The highest BCUT2D eigenvalue weighted by atomic mass is 16.2. The molecule has 0 aliphatic carbocycles. The van der Waals surface area contributed by atoms with Gasteiger partial charge in [-0.2, -0.15) is 5.26 Å². The fourth-order valence-electron chi connectivity index (χ4n) is 2.60. The predicted octanol–water partition coefficient (Wildman–Crippen LogP) is 3.61. The van der Waals surface area contributed by atoms with Crippen LogP contribution in [0.5, 0.6) is 0 Å². The van der Waals surface area contributed by atoms with Gasteiger partial charge >= 0.3 is 0 Å². The molecule has 1 aromatic heterocycles. The molecule has 8 nitrogen and oxygen atoms in total. The summed E-state index contributed by atoms with van der Waals surface area (Å²) in [6.45, 7) is 3.12. The van der Waals surface area contributed by atoms with Crippen LogP contribution in [0.1, 0.15) is 28.8 Å². The number of hydrogen-bond acceptors (Lipinski definition) is 6. The topological polar surface area (TPSA) is 120 Å². The number of rotatable bonds is 5. The maximum absolute atomic E-state index is 12.6. The molecule has 2 amide bonds. The Morgan fingerprint density at radius 3 is 2.28 bits per heavy atom. The van der Waals surface area contributed by atoms with E-state index in [4.69, 9.17) is 5.26 Å². The summed E-state index contributed by atoms with van der Waals surface area (Å²) in [5, 5.41) is 17.5. The maximum atomic E-state index is 12.6. The lowest BCUT2D eigenvalue weighted by Crippen LogP contribution is -2.15. The van der Waals surface area contributed by atoms with E-state index in [1.807, 2.05) is 0 Å². The van der Waals surface area contributed by atoms with Crippen molar-refractivity contribution in [3.8, 4) is 6.07 Å². The molecule has 0 aliphatic heterocycles. The lowest BCUT2D eigenvalue weighted by Gasteiger charge is -2.10. The first-order valence-electron chi connectivity index (χ1n) is 8.75. The lowest BCUT2D eigenvalue weighted by atomic mass is 10.2. The van der Waals surface area contributed by atoms with Crippen LogP contribution >= 0.6 is 0 Å². The van der Waals surface area contributed by atoms with Crippen LogP contribution in [0.3, 0.4) is 0 Å². The van der Waals surface area contributed by atoms with E-state index in [0.29, 0.717) is 34.3 Å². The largest absolute Gasteiger partial charge is 0.340 e. The quantitative estimate of drug-likeness (QED) is 0.616. The van der Waals surface area contributed by atoms with E-state index in [0.717, 1.165) is 0 Å². The monoisotopic (exact) mass is 386 g/mol. The van der Waals surface area contributed by atoms with E-state index in [1.54, 1.807) is 55.5 Å². The van der Waals surface area contributed by atoms with E-state index in [1.165, 1.54) is 13.0 Å². The second-order valence-electron chi connectivity index (χ2n) is 6.22. The summed E-state index contributed by atoms with van der Waals surface area (Å²) in [5.74, 6) is 0.312. The highest BCUT2D eigenvalue weighted by molar-refractivity contribution is 6.03. The van der Waals surface area contributed by atoms with Crippen LogP contribution in [0.25, 0.3) is 0 Å². The van der Waals surface area contributed by atoms with E-state index < -0.39 is 5.91 Å². The third-order valence-electron chi connectivity index (χ3n) is 3.80. The van der Waals surface area contributed by atoms with Gasteiger partial charge in [0.1, 0.15) is 17.3 Å². The zero-order chi connectivity index (χ0) is 20.8. The van der Waals surface area contributed by atoms with Gasteiger partial charge in [0.05, 0.1) is 11.6 Å². The number of aryl methyl sites for hydroxylation is 1. The van der Waals surface area contributed by atoms with Gasteiger partial charge < -0.3 is 16.0 Å². The fraction of sp³-hybridized carbons (Fsp3) is 0.0952. The Bertz CT molecular complexity index is 1100. The number of carbonyl (C=O) groups excluding carboxylic acids is 2. The second kappa shape index (κ2) is 8.63. The van der Waals surface area contributed by atoms with Crippen LogP contribution < -0.4 is 16.0 Å². The average molecular weight is 386 g/mol. The molecule has 0 atom stereocenters. The molecule has 1 heterocycles. The fourth-order valence-corrected chi connectivity index (χ4v) is 2.60. The first-order valence-corrected chi connectivity index (χ1v) is 8.75. The third kappa shape index (κ3) is 5.37. The number of nitrogens with zero attached hydrogens (tertiary/aromatic N) is 3. The Balaban J connectivity index is 1.75. The first kappa shape index (κ1) is 19.5. The van der Waals surface area contributed by atoms with Gasteiger partial charge in [-0.15, -0.1) is 0 Å². The summed E-state index contributed by atoms with van der Waals surface area (Å²) in [5.41, 5.74) is 2.60. The van der Waals surface area contributed by atoms with Gasteiger partial charge in [-0.25, -0.2) is 9.97 Å². The predicted molar refractivity (Wildman–Crippen MR) is 110 cm³/mol. The lowest BCUT2D eigenvalue weighted by molar-refractivity contribution is -0.114. The summed E-state index contributed by atoms with van der Waals surface area (Å²) in [4.78, 5) is 32.1. The number of amides is 2. The highest BCUT2D eigenvalue weighted by Gasteiger charge is 2.11. The van der Waals surface area contributed by atoms with Gasteiger partial charge in [-0.3, -0.25) is 9.59 Å². The molecular formula is C21H18N6O2. The van der Waals surface area contributed by atoms with Crippen molar-refractivity contribution in [1.82, 2.24) is 9.97 Å². The van der Waals surface area contributed by atoms with Crippen molar-refractivity contribution in [2.24, 2.45) is 0 Å². The van der Waals surface area contributed by atoms with Crippen molar-refractivity contribution < 1.29 is 9.59 Å². The Hall–Kier alpha value is -4.25. The molecule has 0 radical (unpaired) electrons. The number of anilines is 4. The third-order valence-corrected chi connectivity index (χ3v) is 3.80. The molecule has 2 aromatic carbocycles. The maximum Gasteiger partial charge on any atom is 0.274 e. The van der Waals surface area contributed by atoms with Gasteiger partial charge in [0.15, 0.2) is 0 Å². The molecule has 0 aliphatic rings. The van der Waals surface area contributed by atoms with Crippen LogP contribution in [0.15, 0.2) is 54.6 Å². The zero-order valence-electron chi connectivity index (χ0n) is 15.9. The molecule has 0 saturated carbocycles. The molecule has 144 valence electrons. The smallest absolute Gasteiger partial charge is 0.274 e. The molecular weight excluding hydrogens is 368 g/mol. The number of hydrogen-bond donors (Lipinski definition) is 3. The Labute approximate surface area is 167 Å². The van der Waals surface area contributed by atoms with E-state index in [-0.39, 0.29) is 11.6 Å². The van der Waals surface area contributed by atoms with E-state index >= 15 is 0 Å². The Morgan fingerprint density at radius 2 is 1.62 bits per heavy atom. The van der Waals surface area contributed by atoms with Crippen molar-refractivity contribution in [3.05, 3.63) is 71.7 Å². The van der Waals surface area contributed by atoms with Crippen LogP contribution in [0.2, 0.25) is 0 Å². The minimum Gasteiger partial charge on any atom is -0.340 e. The standard InChI is InChI=1S/C21H18N6O2/c1-13-23-19(11-20(24-13)26-18-5-3-4-15(10-18)12-22)21(29)27-17-8-6-16(7-9-17)25-14(2)28/h3-11H,1-2H3,(H,25,28)(H,27,29)(H,23,24,26). The van der Waals surface area contributed by atoms with Gasteiger partial charge in [-0.05, 0) is 49.4 Å². The SMILES string of the molecule is CC(=O)Nc1ccc(NC(=O)c2cc(Nc3cccc(C#N)c3)nc(C)n2)cc1. The van der Waals surface area contributed by atoms with Crippen molar-refractivity contribution in [1.29, 1.82) is 5.26 Å². The number of nitrogens with one attached hydrogen (secondary N) is 3. The summed E-state index contributed by atoms with van der Waals surface area (Å²) in [6.07, 6.45) is 0. The van der Waals surface area contributed by atoms with Gasteiger partial charge in [-0.1, -0.05) is 6.07 Å². The molecule has 3 N–H and O–H groups in total. The number of benzene rings is 2. The molecule has 0 saturated heterocycles. The van der Waals surface area contributed by atoms with E-state index in [9.17, 15) is 9.59 Å². The molecule has 3 rings (SSSR count). The van der Waals surface area contributed by atoms with Crippen LogP contribution in [0.4, 0.5) is 22.9 Å². The Morgan fingerprint density at radius 1 is 0.931 bits per heavy atom. The van der Waals surface area contributed by atoms with Gasteiger partial charge in [0.2, 0.25) is 5.91 Å². The molecule has 0 spiro atoms. The zero-order valence-corrected chi connectivity index (χ0v) is 15.9. The minimum absolute atomic E-state index is 0.168. The summed E-state index contributed by atoms with van der Waals surface area (Å²) in [6, 6.07) is 17.3. The second-order valence-corrected chi connectivity index (χ2v) is 6.22. The van der Waals surface area contributed by atoms with Crippen LogP contribution in [-0.2, 0) is 4.79 Å². The number of aromatic nitrogens is 2. The molecule has 29 heavy (non-hydrogen) atoms. The molecule has 0 bridgehead atoms.